The number of hydrogen-bond acceptors (Lipinski definition) is 2. The molecule has 0 bridgehead atoms. The Hall–Kier alpha value is -1.76. The van der Waals surface area contributed by atoms with Gasteiger partial charge in [-0.1, -0.05) is 6.07 Å². The van der Waals surface area contributed by atoms with Gasteiger partial charge in [-0.25, -0.2) is 13.2 Å². The van der Waals surface area contributed by atoms with E-state index >= 15 is 0 Å². The van der Waals surface area contributed by atoms with Crippen LogP contribution in [0.25, 0.3) is 0 Å². The second kappa shape index (κ2) is 5.55. The molecule has 112 valence electrons. The van der Waals surface area contributed by atoms with Gasteiger partial charge in [-0.15, -0.1) is 12.6 Å². The van der Waals surface area contributed by atoms with Gasteiger partial charge >= 0.3 is 6.11 Å². The summed E-state index contributed by atoms with van der Waals surface area (Å²) in [6.45, 7) is 1.39. The molecule has 1 nitrogen and oxygen atoms in total. The number of halogens is 5. The molecule has 0 atom stereocenters. The Morgan fingerprint density at radius 1 is 0.952 bits per heavy atom. The van der Waals surface area contributed by atoms with Crippen LogP contribution in [0.4, 0.5) is 22.0 Å². The van der Waals surface area contributed by atoms with E-state index in [1.165, 1.54) is 6.92 Å². The van der Waals surface area contributed by atoms with Gasteiger partial charge < -0.3 is 4.74 Å². The molecule has 2 aromatic carbocycles. The van der Waals surface area contributed by atoms with Crippen LogP contribution in [0, 0.1) is 24.4 Å². The Morgan fingerprint density at radius 2 is 1.52 bits per heavy atom. The van der Waals surface area contributed by atoms with Crippen molar-refractivity contribution in [1.29, 1.82) is 0 Å². The van der Waals surface area contributed by atoms with Crippen LogP contribution < -0.4 is 4.74 Å². The van der Waals surface area contributed by atoms with E-state index in [4.69, 9.17) is 0 Å². The lowest BCUT2D eigenvalue weighted by atomic mass is 10.1. The number of rotatable bonds is 3. The lowest BCUT2D eigenvalue weighted by Gasteiger charge is -2.19. The van der Waals surface area contributed by atoms with Gasteiger partial charge in [-0.2, -0.15) is 8.78 Å². The van der Waals surface area contributed by atoms with Crippen molar-refractivity contribution in [2.45, 2.75) is 17.9 Å². The summed E-state index contributed by atoms with van der Waals surface area (Å²) in [5.74, 6) is -4.78. The summed E-state index contributed by atoms with van der Waals surface area (Å²) < 4.78 is 72.1. The minimum atomic E-state index is -4.09. The van der Waals surface area contributed by atoms with Crippen molar-refractivity contribution in [3.8, 4) is 5.75 Å². The predicted molar refractivity (Wildman–Crippen MR) is 69.3 cm³/mol. The first kappa shape index (κ1) is 15.6. The van der Waals surface area contributed by atoms with Crippen molar-refractivity contribution in [2.24, 2.45) is 0 Å². The average molecular weight is 320 g/mol. The molecule has 0 amide bonds. The molecule has 7 heteroatoms. The molecule has 0 heterocycles. The monoisotopic (exact) mass is 320 g/mol. The van der Waals surface area contributed by atoms with E-state index in [2.05, 4.69) is 17.4 Å². The van der Waals surface area contributed by atoms with Gasteiger partial charge in [-0.3, -0.25) is 0 Å². The number of hydrogen-bond donors (Lipinski definition) is 1. The normalized spacial score (nSPS) is 11.6. The van der Waals surface area contributed by atoms with Gasteiger partial charge in [0.2, 0.25) is 0 Å². The van der Waals surface area contributed by atoms with Crippen LogP contribution in [0.15, 0.2) is 35.2 Å². The Kier molecular flexibility index (Phi) is 4.13. The third-order valence-corrected chi connectivity index (χ3v) is 2.98. The highest BCUT2D eigenvalue weighted by atomic mass is 32.1. The minimum absolute atomic E-state index is 0.0814. The van der Waals surface area contributed by atoms with E-state index in [-0.39, 0.29) is 10.5 Å². The highest BCUT2D eigenvalue weighted by Gasteiger charge is 2.37. The highest BCUT2D eigenvalue weighted by Crippen LogP contribution is 2.35. The zero-order valence-electron chi connectivity index (χ0n) is 10.6. The van der Waals surface area contributed by atoms with Gasteiger partial charge in [0.15, 0.2) is 17.4 Å². The third kappa shape index (κ3) is 3.29. The molecule has 0 unspecified atom stereocenters. The molecule has 0 aliphatic carbocycles. The van der Waals surface area contributed by atoms with Crippen molar-refractivity contribution >= 4 is 12.6 Å². The largest absolute Gasteiger partial charge is 0.427 e. The van der Waals surface area contributed by atoms with Gasteiger partial charge in [0.05, 0.1) is 5.56 Å². The van der Waals surface area contributed by atoms with E-state index in [1.54, 1.807) is 0 Å². The third-order valence-electron chi connectivity index (χ3n) is 2.72. The minimum Gasteiger partial charge on any atom is -0.423 e. The van der Waals surface area contributed by atoms with E-state index in [0.29, 0.717) is 6.07 Å². The molecular weight excluding hydrogens is 311 g/mol. The van der Waals surface area contributed by atoms with Crippen molar-refractivity contribution < 1.29 is 26.7 Å². The molecule has 21 heavy (non-hydrogen) atoms. The first-order valence-electron chi connectivity index (χ1n) is 5.72. The van der Waals surface area contributed by atoms with E-state index in [9.17, 15) is 22.0 Å². The Labute approximate surface area is 122 Å². The van der Waals surface area contributed by atoms with E-state index in [0.717, 1.165) is 24.3 Å². The fraction of sp³-hybridized carbons (Fsp3) is 0.143. The fourth-order valence-corrected chi connectivity index (χ4v) is 1.83. The highest BCUT2D eigenvalue weighted by molar-refractivity contribution is 7.80. The lowest BCUT2D eigenvalue weighted by Crippen LogP contribution is -2.23. The molecule has 0 aliphatic rings. The van der Waals surface area contributed by atoms with E-state index < -0.39 is 34.9 Å². The summed E-state index contributed by atoms with van der Waals surface area (Å²) in [6, 6.07) is 4.05. The van der Waals surface area contributed by atoms with Crippen molar-refractivity contribution in [2.75, 3.05) is 0 Å². The quantitative estimate of drug-likeness (QED) is 0.629. The van der Waals surface area contributed by atoms with Gasteiger partial charge in [0.25, 0.3) is 0 Å². The number of alkyl halides is 2. The topological polar surface area (TPSA) is 9.23 Å². The standard InChI is InChI=1S/C14H9F5OS/c1-7-2-3-8(4-10(7)15)14(18,19)20-13-11(16)5-9(21)6-12(13)17/h2-6,21H,1H3. The Balaban J connectivity index is 2.39. The molecule has 0 spiro atoms. The maximum absolute atomic E-state index is 13.9. The fourth-order valence-electron chi connectivity index (χ4n) is 1.61. The molecule has 0 fully saturated rings. The summed E-state index contributed by atoms with van der Waals surface area (Å²) >= 11 is 3.70. The van der Waals surface area contributed by atoms with Crippen LogP contribution in [0.1, 0.15) is 11.1 Å². The summed E-state index contributed by atoms with van der Waals surface area (Å²) in [7, 11) is 0. The SMILES string of the molecule is Cc1ccc(C(F)(F)Oc2c(F)cc(S)cc2F)cc1F. The molecule has 0 aliphatic heterocycles. The Morgan fingerprint density at radius 3 is 2.05 bits per heavy atom. The predicted octanol–water partition coefficient (Wildman–Crippen LogP) is 4.83. The molecule has 2 rings (SSSR count). The molecule has 0 saturated heterocycles. The van der Waals surface area contributed by atoms with Crippen LogP contribution in [-0.4, -0.2) is 0 Å². The second-order valence-electron chi connectivity index (χ2n) is 4.32. The van der Waals surface area contributed by atoms with Gasteiger partial charge in [-0.05, 0) is 36.8 Å². The summed E-state index contributed by atoms with van der Waals surface area (Å²) in [5, 5.41) is 0. The molecular formula is C14H9F5OS. The van der Waals surface area contributed by atoms with E-state index in [1.807, 2.05) is 0 Å². The number of aryl methyl sites for hydroxylation is 1. The summed E-state index contributed by atoms with van der Waals surface area (Å²) in [6.07, 6.45) is -4.09. The zero-order valence-corrected chi connectivity index (χ0v) is 11.5. The zero-order chi connectivity index (χ0) is 15.8. The van der Waals surface area contributed by atoms with Crippen molar-refractivity contribution in [1.82, 2.24) is 0 Å². The van der Waals surface area contributed by atoms with Crippen LogP contribution in [0.5, 0.6) is 5.75 Å². The van der Waals surface area contributed by atoms with Crippen LogP contribution in [0.2, 0.25) is 0 Å². The van der Waals surface area contributed by atoms with Crippen molar-refractivity contribution in [3.05, 3.63) is 58.9 Å². The van der Waals surface area contributed by atoms with Gasteiger partial charge in [0, 0.05) is 4.90 Å². The Bertz CT molecular complexity index is 664. The maximum atomic E-state index is 13.9. The summed E-state index contributed by atoms with van der Waals surface area (Å²) in [4.78, 5) is -0.0814. The number of thiol groups is 1. The first-order valence-corrected chi connectivity index (χ1v) is 6.17. The average Bonchev–Trinajstić information content (AvgIpc) is 2.37. The lowest BCUT2D eigenvalue weighted by molar-refractivity contribution is -0.188. The molecule has 2 aromatic rings. The molecule has 0 aromatic heterocycles. The van der Waals surface area contributed by atoms with Crippen LogP contribution >= 0.6 is 12.6 Å². The maximum Gasteiger partial charge on any atom is 0.427 e. The molecule has 0 saturated carbocycles. The van der Waals surface area contributed by atoms with Gasteiger partial charge in [0.1, 0.15) is 5.82 Å². The van der Waals surface area contributed by atoms with Crippen molar-refractivity contribution in [3.63, 3.8) is 0 Å². The number of ether oxygens (including phenoxy) is 1. The number of benzene rings is 2. The summed E-state index contributed by atoms with van der Waals surface area (Å²) in [5.41, 5.74) is -0.689. The van der Waals surface area contributed by atoms with Crippen LogP contribution in [0.3, 0.4) is 0 Å². The first-order chi connectivity index (χ1) is 9.70. The second-order valence-corrected chi connectivity index (χ2v) is 4.84. The van der Waals surface area contributed by atoms with Crippen LogP contribution in [-0.2, 0) is 6.11 Å². The smallest absolute Gasteiger partial charge is 0.423 e. The molecule has 0 N–H and O–H groups in total. The molecule has 0 radical (unpaired) electrons.